The summed E-state index contributed by atoms with van der Waals surface area (Å²) in [6.07, 6.45) is 5.46. The van der Waals surface area contributed by atoms with Gasteiger partial charge in [0.15, 0.2) is 5.82 Å². The second-order valence-corrected chi connectivity index (χ2v) is 9.05. The van der Waals surface area contributed by atoms with Crippen LogP contribution < -0.4 is 5.32 Å². The van der Waals surface area contributed by atoms with E-state index in [0.717, 1.165) is 44.2 Å². The zero-order valence-corrected chi connectivity index (χ0v) is 15.8. The fourth-order valence-corrected chi connectivity index (χ4v) is 5.47. The van der Waals surface area contributed by atoms with Crippen molar-refractivity contribution >= 4 is 6.03 Å². The van der Waals surface area contributed by atoms with Crippen molar-refractivity contribution in [3.8, 4) is 0 Å². The normalized spacial score (nSPS) is 34.5. The molecule has 2 bridgehead atoms. The highest BCUT2D eigenvalue weighted by Crippen LogP contribution is 2.65. The molecular formula is C19H30N4O2. The molecule has 0 spiro atoms. The number of carbonyl (C=O) groups is 1. The number of rotatable bonds is 2. The first kappa shape index (κ1) is 16.9. The number of carbonyl (C=O) groups excluding carboxylic acids is 1. The highest BCUT2D eigenvalue weighted by molar-refractivity contribution is 5.75. The summed E-state index contributed by atoms with van der Waals surface area (Å²) < 4.78 is 5.30. The first-order chi connectivity index (χ1) is 11.8. The first-order valence-electron chi connectivity index (χ1n) is 9.67. The van der Waals surface area contributed by atoms with Crippen LogP contribution in [0.5, 0.6) is 0 Å². The summed E-state index contributed by atoms with van der Waals surface area (Å²) in [7, 11) is 0. The number of amides is 2. The molecule has 2 saturated carbocycles. The Bertz CT molecular complexity index is 662. The molecule has 2 amide bonds. The van der Waals surface area contributed by atoms with Crippen LogP contribution in [-0.2, 0) is 0 Å². The predicted molar refractivity (Wildman–Crippen MR) is 94.1 cm³/mol. The Morgan fingerprint density at radius 3 is 2.48 bits per heavy atom. The van der Waals surface area contributed by atoms with E-state index in [9.17, 15) is 4.79 Å². The van der Waals surface area contributed by atoms with E-state index in [1.54, 1.807) is 0 Å². The third kappa shape index (κ3) is 2.56. The number of fused-ring (bicyclic) bond motifs is 2. The molecule has 6 heteroatoms. The fraction of sp³-hybridized carbons (Fsp3) is 0.842. The summed E-state index contributed by atoms with van der Waals surface area (Å²) >= 11 is 0. The minimum absolute atomic E-state index is 0.106. The summed E-state index contributed by atoms with van der Waals surface area (Å²) in [5.74, 6) is 2.43. The van der Waals surface area contributed by atoms with Crippen molar-refractivity contribution in [2.45, 2.75) is 71.8 Å². The number of hydrogen-bond donors (Lipinski definition) is 1. The van der Waals surface area contributed by atoms with E-state index in [1.165, 1.54) is 12.8 Å². The van der Waals surface area contributed by atoms with Crippen LogP contribution >= 0.6 is 0 Å². The Labute approximate surface area is 149 Å². The van der Waals surface area contributed by atoms with Gasteiger partial charge in [-0.05, 0) is 55.8 Å². The highest BCUT2D eigenvalue weighted by Gasteiger charge is 2.61. The van der Waals surface area contributed by atoms with Gasteiger partial charge in [0.1, 0.15) is 0 Å². The highest BCUT2D eigenvalue weighted by atomic mass is 16.5. The average Bonchev–Trinajstić information content (AvgIpc) is 3.16. The summed E-state index contributed by atoms with van der Waals surface area (Å²) in [6, 6.07) is 0.416. The lowest BCUT2D eigenvalue weighted by atomic mass is 9.69. The van der Waals surface area contributed by atoms with Gasteiger partial charge in [-0.15, -0.1) is 0 Å². The molecule has 1 N–H and O–H groups in total. The van der Waals surface area contributed by atoms with E-state index in [1.807, 2.05) is 11.8 Å². The quantitative estimate of drug-likeness (QED) is 0.890. The number of aryl methyl sites for hydroxylation is 1. The van der Waals surface area contributed by atoms with Crippen LogP contribution in [0.25, 0.3) is 0 Å². The second-order valence-electron chi connectivity index (χ2n) is 9.05. The molecule has 138 valence electrons. The van der Waals surface area contributed by atoms with Crippen LogP contribution in [0, 0.1) is 23.7 Å². The number of likely N-dealkylation sites (tertiary alicyclic amines) is 1. The number of nitrogens with zero attached hydrogens (tertiary/aromatic N) is 3. The Morgan fingerprint density at radius 2 is 1.96 bits per heavy atom. The van der Waals surface area contributed by atoms with Crippen molar-refractivity contribution < 1.29 is 9.32 Å². The Balaban J connectivity index is 1.34. The predicted octanol–water partition coefficient (Wildman–Crippen LogP) is 3.48. The van der Waals surface area contributed by atoms with E-state index in [-0.39, 0.29) is 17.4 Å². The summed E-state index contributed by atoms with van der Waals surface area (Å²) in [4.78, 5) is 19.1. The molecular weight excluding hydrogens is 316 g/mol. The number of nitrogens with one attached hydrogen (secondary N) is 1. The molecule has 3 fully saturated rings. The summed E-state index contributed by atoms with van der Waals surface area (Å²) in [5, 5.41) is 7.25. The third-order valence-electron chi connectivity index (χ3n) is 7.77. The molecule has 3 aliphatic rings. The monoisotopic (exact) mass is 346 g/mol. The van der Waals surface area contributed by atoms with Crippen LogP contribution in [0.3, 0.4) is 0 Å². The van der Waals surface area contributed by atoms with Crippen molar-refractivity contribution in [2.75, 3.05) is 13.1 Å². The maximum absolute atomic E-state index is 12.8. The molecule has 1 aliphatic heterocycles. The Kier molecular flexibility index (Phi) is 3.85. The van der Waals surface area contributed by atoms with Crippen molar-refractivity contribution in [1.82, 2.24) is 20.4 Å². The zero-order chi connectivity index (χ0) is 17.8. The maximum atomic E-state index is 12.8. The fourth-order valence-electron chi connectivity index (χ4n) is 5.47. The summed E-state index contributed by atoms with van der Waals surface area (Å²) in [6.45, 7) is 10.5. The maximum Gasteiger partial charge on any atom is 0.317 e. The third-order valence-corrected chi connectivity index (χ3v) is 7.77. The molecule has 2 heterocycles. The van der Waals surface area contributed by atoms with Crippen molar-refractivity contribution in [3.63, 3.8) is 0 Å². The number of urea groups is 1. The molecule has 4 rings (SSSR count). The average molecular weight is 346 g/mol. The largest absolute Gasteiger partial charge is 0.339 e. The molecule has 0 radical (unpaired) electrons. The topological polar surface area (TPSA) is 71.3 Å². The van der Waals surface area contributed by atoms with Gasteiger partial charge in [0.05, 0.1) is 0 Å². The smallest absolute Gasteiger partial charge is 0.317 e. The van der Waals surface area contributed by atoms with Gasteiger partial charge in [-0.1, -0.05) is 25.9 Å². The molecule has 3 atom stereocenters. The Morgan fingerprint density at radius 1 is 1.24 bits per heavy atom. The van der Waals surface area contributed by atoms with Crippen LogP contribution in [-0.4, -0.2) is 40.2 Å². The van der Waals surface area contributed by atoms with Gasteiger partial charge >= 0.3 is 6.03 Å². The second kappa shape index (κ2) is 5.71. The van der Waals surface area contributed by atoms with Crippen LogP contribution in [0.1, 0.15) is 70.5 Å². The van der Waals surface area contributed by atoms with Gasteiger partial charge < -0.3 is 14.7 Å². The first-order valence-corrected chi connectivity index (χ1v) is 9.67. The summed E-state index contributed by atoms with van der Waals surface area (Å²) in [5.41, 5.74) is 0.556. The van der Waals surface area contributed by atoms with Crippen molar-refractivity contribution in [1.29, 1.82) is 0 Å². The zero-order valence-electron chi connectivity index (χ0n) is 15.8. The van der Waals surface area contributed by atoms with Gasteiger partial charge in [0, 0.05) is 25.0 Å². The SMILES string of the molecule is Cc1noc(C2CCN(C(=O)NC3CC4CCC3(C)C4(C)C)CC2)n1. The lowest BCUT2D eigenvalue weighted by Crippen LogP contribution is -2.52. The van der Waals surface area contributed by atoms with E-state index in [2.05, 4.69) is 36.2 Å². The standard InChI is InChI=1S/C19H30N4O2/c1-12-20-16(25-22-12)13-6-9-23(10-7-13)17(24)21-15-11-14-5-8-19(15,4)18(14,2)3/h13-15H,5-11H2,1-4H3,(H,21,24). The van der Waals surface area contributed by atoms with Gasteiger partial charge in [-0.3, -0.25) is 0 Å². The molecule has 3 unspecified atom stereocenters. The van der Waals surface area contributed by atoms with E-state index < -0.39 is 0 Å². The molecule has 1 saturated heterocycles. The molecule has 6 nitrogen and oxygen atoms in total. The van der Waals surface area contributed by atoms with Crippen molar-refractivity contribution in [3.05, 3.63) is 11.7 Å². The van der Waals surface area contributed by atoms with Gasteiger partial charge in [-0.25, -0.2) is 4.79 Å². The molecule has 2 aliphatic carbocycles. The number of piperidine rings is 1. The molecule has 1 aromatic rings. The lowest BCUT2D eigenvalue weighted by Gasteiger charge is -2.40. The van der Waals surface area contributed by atoms with Crippen molar-refractivity contribution in [2.24, 2.45) is 16.7 Å². The Hall–Kier alpha value is -1.59. The van der Waals surface area contributed by atoms with Crippen LogP contribution in [0.15, 0.2) is 4.52 Å². The minimum Gasteiger partial charge on any atom is -0.339 e. The van der Waals surface area contributed by atoms with Gasteiger partial charge in [0.25, 0.3) is 0 Å². The van der Waals surface area contributed by atoms with E-state index in [0.29, 0.717) is 17.3 Å². The van der Waals surface area contributed by atoms with E-state index >= 15 is 0 Å². The van der Waals surface area contributed by atoms with Crippen LogP contribution in [0.2, 0.25) is 0 Å². The minimum atomic E-state index is 0.106. The number of hydrogen-bond acceptors (Lipinski definition) is 4. The van der Waals surface area contributed by atoms with Crippen LogP contribution in [0.4, 0.5) is 4.79 Å². The molecule has 25 heavy (non-hydrogen) atoms. The van der Waals surface area contributed by atoms with Gasteiger partial charge in [0.2, 0.25) is 5.89 Å². The number of aromatic nitrogens is 2. The molecule has 1 aromatic heterocycles. The van der Waals surface area contributed by atoms with Gasteiger partial charge in [-0.2, -0.15) is 4.98 Å². The van der Waals surface area contributed by atoms with E-state index in [4.69, 9.17) is 4.52 Å². The molecule has 0 aromatic carbocycles. The lowest BCUT2D eigenvalue weighted by molar-refractivity contribution is 0.114.